The number of hydrogen-bond donors (Lipinski definition) is 0. The maximum Gasteiger partial charge on any atom is 0.178 e. The van der Waals surface area contributed by atoms with E-state index in [1.54, 1.807) is 14.2 Å². The van der Waals surface area contributed by atoms with Crippen LogP contribution in [-0.2, 0) is 20.5 Å². The molecule has 0 radical (unpaired) electrons. The molecule has 2 saturated heterocycles. The van der Waals surface area contributed by atoms with Crippen molar-refractivity contribution >= 4 is 28.2 Å². The Morgan fingerprint density at radius 2 is 1.19 bits per heavy atom. The standard InChI is InChI=1S/C45H46N2O5/c1-29-6-15-34-38(26-29)44(2,3)42-35-16-17-45(30-7-11-32(12-8-30)46-18-22-50-23-19-46,31-9-13-33(14-10-31)47-20-24-51-25-21-47)52-43(35)37-28-40(49-5)39(48-4)27-36(37)41(34)42/h6-17,26-28H,18-25H2,1-5H3. The number of anilines is 2. The summed E-state index contributed by atoms with van der Waals surface area (Å²) in [6.07, 6.45) is 4.60. The van der Waals surface area contributed by atoms with Crippen LogP contribution < -0.4 is 24.0 Å². The molecule has 0 aromatic heterocycles. The van der Waals surface area contributed by atoms with E-state index >= 15 is 0 Å². The van der Waals surface area contributed by atoms with Gasteiger partial charge in [0.2, 0.25) is 0 Å². The Morgan fingerprint density at radius 3 is 1.73 bits per heavy atom. The largest absolute Gasteiger partial charge is 0.493 e. The average Bonchev–Trinajstić information content (AvgIpc) is 3.43. The van der Waals surface area contributed by atoms with Gasteiger partial charge in [-0.1, -0.05) is 68.0 Å². The third-order valence-corrected chi connectivity index (χ3v) is 11.6. The van der Waals surface area contributed by atoms with Crippen LogP contribution in [0.25, 0.3) is 28.0 Å². The predicted octanol–water partition coefficient (Wildman–Crippen LogP) is 8.49. The van der Waals surface area contributed by atoms with Crippen LogP contribution in [0.5, 0.6) is 17.2 Å². The average molecular weight is 695 g/mol. The fourth-order valence-corrected chi connectivity index (χ4v) is 8.88. The quantitative estimate of drug-likeness (QED) is 0.177. The number of methoxy groups -OCH3 is 2. The van der Waals surface area contributed by atoms with Crippen molar-refractivity contribution in [1.29, 1.82) is 0 Å². The van der Waals surface area contributed by atoms with Gasteiger partial charge in [-0.2, -0.15) is 0 Å². The third kappa shape index (κ3) is 5.08. The lowest BCUT2D eigenvalue weighted by atomic mass is 9.76. The zero-order chi connectivity index (χ0) is 35.6. The molecule has 0 bridgehead atoms. The van der Waals surface area contributed by atoms with E-state index in [0.717, 1.165) is 85.8 Å². The number of nitrogens with zero attached hydrogens (tertiary/aromatic N) is 2. The molecule has 0 unspecified atom stereocenters. The molecule has 3 heterocycles. The summed E-state index contributed by atoms with van der Waals surface area (Å²) in [5.74, 6) is 2.22. The molecule has 52 heavy (non-hydrogen) atoms. The second-order valence-electron chi connectivity index (χ2n) is 14.9. The van der Waals surface area contributed by atoms with Gasteiger partial charge in [0.15, 0.2) is 17.1 Å². The Balaban J connectivity index is 1.26. The molecule has 2 fully saturated rings. The summed E-state index contributed by atoms with van der Waals surface area (Å²) < 4.78 is 30.7. The minimum absolute atomic E-state index is 0.255. The smallest absolute Gasteiger partial charge is 0.178 e. The fourth-order valence-electron chi connectivity index (χ4n) is 8.88. The molecule has 7 heteroatoms. The first-order valence-corrected chi connectivity index (χ1v) is 18.4. The van der Waals surface area contributed by atoms with Gasteiger partial charge < -0.3 is 33.5 Å². The second-order valence-corrected chi connectivity index (χ2v) is 14.9. The summed E-state index contributed by atoms with van der Waals surface area (Å²) in [5.41, 5.74) is 10.8. The van der Waals surface area contributed by atoms with Crippen molar-refractivity contribution in [2.45, 2.75) is 31.8 Å². The molecule has 0 amide bonds. The van der Waals surface area contributed by atoms with Gasteiger partial charge in [0.25, 0.3) is 0 Å². The lowest BCUT2D eigenvalue weighted by Gasteiger charge is -2.39. The molecule has 5 aromatic rings. The Morgan fingerprint density at radius 1 is 0.654 bits per heavy atom. The summed E-state index contributed by atoms with van der Waals surface area (Å²) in [7, 11) is 3.40. The molecule has 3 aliphatic heterocycles. The first kappa shape index (κ1) is 32.9. The number of fused-ring (bicyclic) bond motifs is 8. The molecule has 0 atom stereocenters. The van der Waals surface area contributed by atoms with Crippen molar-refractivity contribution in [2.75, 3.05) is 76.6 Å². The number of hydrogen-bond acceptors (Lipinski definition) is 7. The summed E-state index contributed by atoms with van der Waals surface area (Å²) >= 11 is 0. The molecule has 0 N–H and O–H groups in total. The number of aryl methyl sites for hydroxylation is 1. The summed E-state index contributed by atoms with van der Waals surface area (Å²) in [6, 6.07) is 28.9. The van der Waals surface area contributed by atoms with E-state index in [4.69, 9.17) is 23.7 Å². The third-order valence-electron chi connectivity index (χ3n) is 11.6. The van der Waals surface area contributed by atoms with E-state index < -0.39 is 5.60 Å². The van der Waals surface area contributed by atoms with E-state index in [0.29, 0.717) is 11.5 Å². The maximum atomic E-state index is 7.64. The van der Waals surface area contributed by atoms with Gasteiger partial charge in [-0.05, 0) is 77.0 Å². The van der Waals surface area contributed by atoms with Crippen LogP contribution in [0, 0.1) is 6.92 Å². The number of morpholine rings is 2. The normalized spacial score (nSPS) is 18.4. The van der Waals surface area contributed by atoms with Crippen molar-refractivity contribution in [3.63, 3.8) is 0 Å². The SMILES string of the molecule is COc1cc2c3c(c4c(c2cc1OC)-c1ccc(C)cc1C4(C)C)C=CC(c1ccc(N2CCOCC2)cc1)(c1ccc(N2CCOCC2)cc1)O3. The van der Waals surface area contributed by atoms with Crippen molar-refractivity contribution < 1.29 is 23.7 Å². The molecule has 1 aliphatic carbocycles. The topological polar surface area (TPSA) is 52.6 Å². The predicted molar refractivity (Wildman–Crippen MR) is 209 cm³/mol. The van der Waals surface area contributed by atoms with Gasteiger partial charge in [-0.3, -0.25) is 0 Å². The van der Waals surface area contributed by atoms with Crippen LogP contribution >= 0.6 is 0 Å². The second kappa shape index (κ2) is 12.6. The minimum Gasteiger partial charge on any atom is -0.493 e. The van der Waals surface area contributed by atoms with Gasteiger partial charge in [-0.25, -0.2) is 0 Å². The molecule has 0 saturated carbocycles. The van der Waals surface area contributed by atoms with Crippen LogP contribution in [0.15, 0.2) is 84.9 Å². The fraction of sp³-hybridized carbons (Fsp3) is 0.333. The highest BCUT2D eigenvalue weighted by atomic mass is 16.5. The van der Waals surface area contributed by atoms with Crippen LogP contribution in [-0.4, -0.2) is 66.8 Å². The Kier molecular flexibility index (Phi) is 7.97. The molecular formula is C45H46N2O5. The van der Waals surface area contributed by atoms with Crippen molar-refractivity contribution in [2.24, 2.45) is 0 Å². The molecule has 0 spiro atoms. The van der Waals surface area contributed by atoms with E-state index in [9.17, 15) is 0 Å². The van der Waals surface area contributed by atoms with Gasteiger partial charge in [-0.15, -0.1) is 0 Å². The highest BCUT2D eigenvalue weighted by molar-refractivity contribution is 6.09. The van der Waals surface area contributed by atoms with E-state index in [-0.39, 0.29) is 5.41 Å². The molecule has 5 aromatic carbocycles. The lowest BCUT2D eigenvalue weighted by Crippen LogP contribution is -2.37. The van der Waals surface area contributed by atoms with Crippen LogP contribution in [0.1, 0.15) is 47.2 Å². The summed E-state index contributed by atoms with van der Waals surface area (Å²) in [4.78, 5) is 4.78. The maximum absolute atomic E-state index is 7.64. The summed E-state index contributed by atoms with van der Waals surface area (Å²) in [5, 5.41) is 2.09. The van der Waals surface area contributed by atoms with Gasteiger partial charge in [0, 0.05) is 65.0 Å². The lowest BCUT2D eigenvalue weighted by molar-refractivity contribution is 0.122. The number of ether oxygens (including phenoxy) is 5. The molecule has 266 valence electrons. The number of rotatable bonds is 6. The first-order valence-electron chi connectivity index (χ1n) is 18.4. The first-order chi connectivity index (χ1) is 25.3. The Bertz CT molecular complexity index is 2130. The zero-order valence-corrected chi connectivity index (χ0v) is 30.8. The van der Waals surface area contributed by atoms with E-state index in [1.165, 1.54) is 39.2 Å². The molecule has 9 rings (SSSR count). The van der Waals surface area contributed by atoms with Gasteiger partial charge in [0.05, 0.1) is 40.6 Å². The Hall–Kier alpha value is -4.98. The monoisotopic (exact) mass is 694 g/mol. The van der Waals surface area contributed by atoms with Gasteiger partial charge >= 0.3 is 0 Å². The van der Waals surface area contributed by atoms with Crippen molar-refractivity contribution in [3.05, 3.63) is 118 Å². The Labute approximate surface area is 306 Å². The van der Waals surface area contributed by atoms with Crippen molar-refractivity contribution in [3.8, 4) is 28.4 Å². The van der Waals surface area contributed by atoms with Crippen LogP contribution in [0.2, 0.25) is 0 Å². The molecule has 7 nitrogen and oxygen atoms in total. The highest BCUT2D eigenvalue weighted by Gasteiger charge is 2.44. The summed E-state index contributed by atoms with van der Waals surface area (Å²) in [6.45, 7) is 13.4. The minimum atomic E-state index is -0.888. The van der Waals surface area contributed by atoms with E-state index in [1.807, 2.05) is 0 Å². The van der Waals surface area contributed by atoms with Crippen molar-refractivity contribution in [1.82, 2.24) is 0 Å². The molecular weight excluding hydrogens is 649 g/mol. The highest BCUT2D eigenvalue weighted by Crippen LogP contribution is 2.59. The zero-order valence-electron chi connectivity index (χ0n) is 30.8. The van der Waals surface area contributed by atoms with Crippen LogP contribution in [0.3, 0.4) is 0 Å². The number of benzene rings is 5. The van der Waals surface area contributed by atoms with Gasteiger partial charge in [0.1, 0.15) is 5.75 Å². The molecule has 4 aliphatic rings. The van der Waals surface area contributed by atoms with Crippen LogP contribution in [0.4, 0.5) is 11.4 Å². The van der Waals surface area contributed by atoms with E-state index in [2.05, 4.69) is 122 Å².